The fraction of sp³-hybridized carbons (Fsp3) is 0.222. The van der Waals surface area contributed by atoms with E-state index >= 15 is 0 Å². The second-order valence-corrected chi connectivity index (χ2v) is 5.19. The zero-order valence-corrected chi connectivity index (χ0v) is 11.8. The van der Waals surface area contributed by atoms with Crippen LogP contribution in [-0.4, -0.2) is 24.8 Å². The first-order valence-corrected chi connectivity index (χ1v) is 7.18. The summed E-state index contributed by atoms with van der Waals surface area (Å²) in [6.45, 7) is 1.85. The third kappa shape index (κ3) is 3.51. The molecule has 1 aliphatic heterocycles. The molecule has 0 aliphatic carbocycles. The summed E-state index contributed by atoms with van der Waals surface area (Å²) in [4.78, 5) is 0. The Labute approximate surface area is 124 Å². The molecule has 21 heavy (non-hydrogen) atoms. The predicted molar refractivity (Wildman–Crippen MR) is 84.2 cm³/mol. The van der Waals surface area contributed by atoms with Gasteiger partial charge in [0, 0.05) is 18.7 Å². The summed E-state index contributed by atoms with van der Waals surface area (Å²) in [6.07, 6.45) is 1.67. The van der Waals surface area contributed by atoms with Crippen LogP contribution >= 0.6 is 0 Å². The van der Waals surface area contributed by atoms with Gasteiger partial charge < -0.3 is 15.2 Å². The van der Waals surface area contributed by atoms with Crippen molar-refractivity contribution >= 4 is 6.08 Å². The minimum atomic E-state index is -0.483. The summed E-state index contributed by atoms with van der Waals surface area (Å²) < 4.78 is 5.71. The molecule has 2 aromatic carbocycles. The molecule has 1 unspecified atom stereocenters. The van der Waals surface area contributed by atoms with Crippen molar-refractivity contribution in [3.8, 4) is 5.75 Å². The van der Waals surface area contributed by atoms with Crippen LogP contribution in [0.15, 0.2) is 60.2 Å². The molecule has 0 aromatic heterocycles. The Kier molecular flexibility index (Phi) is 4.34. The van der Waals surface area contributed by atoms with Gasteiger partial charge in [-0.1, -0.05) is 48.5 Å². The molecule has 3 nitrogen and oxygen atoms in total. The molecule has 1 aliphatic rings. The molecule has 0 radical (unpaired) electrons. The maximum absolute atomic E-state index is 10.1. The smallest absolute Gasteiger partial charge is 0.127 e. The summed E-state index contributed by atoms with van der Waals surface area (Å²) in [5.74, 6) is 0.936. The van der Waals surface area contributed by atoms with E-state index in [2.05, 4.69) is 11.4 Å². The zero-order chi connectivity index (χ0) is 14.5. The lowest BCUT2D eigenvalue weighted by atomic mass is 10.1. The standard InChI is InChI=1S/C18H19NO2/c20-17(15-6-2-1-3-7-15)12-19-11-14-10-16-8-4-5-9-18(16)21-13-14/h1-10,17,19-20H,11-13H2. The van der Waals surface area contributed by atoms with Crippen molar-refractivity contribution in [2.45, 2.75) is 6.10 Å². The molecule has 108 valence electrons. The van der Waals surface area contributed by atoms with Gasteiger partial charge in [-0.2, -0.15) is 0 Å². The van der Waals surface area contributed by atoms with Crippen molar-refractivity contribution in [3.05, 3.63) is 71.3 Å². The normalized spacial score (nSPS) is 14.8. The molecule has 0 saturated heterocycles. The molecular weight excluding hydrogens is 262 g/mol. The lowest BCUT2D eigenvalue weighted by Gasteiger charge is -2.19. The second-order valence-electron chi connectivity index (χ2n) is 5.19. The van der Waals surface area contributed by atoms with Crippen LogP contribution in [0.2, 0.25) is 0 Å². The van der Waals surface area contributed by atoms with Gasteiger partial charge in [0.25, 0.3) is 0 Å². The highest BCUT2D eigenvalue weighted by molar-refractivity contribution is 5.62. The number of para-hydroxylation sites is 1. The first kappa shape index (κ1) is 13.9. The molecule has 3 rings (SSSR count). The van der Waals surface area contributed by atoms with Crippen LogP contribution in [-0.2, 0) is 0 Å². The second kappa shape index (κ2) is 6.57. The van der Waals surface area contributed by atoms with Gasteiger partial charge in [0.1, 0.15) is 12.4 Å². The first-order chi connectivity index (χ1) is 10.3. The van der Waals surface area contributed by atoms with Crippen molar-refractivity contribution in [2.24, 2.45) is 0 Å². The van der Waals surface area contributed by atoms with Gasteiger partial charge in [-0.05, 0) is 23.3 Å². The van der Waals surface area contributed by atoms with Gasteiger partial charge in [0.2, 0.25) is 0 Å². The third-order valence-electron chi connectivity index (χ3n) is 3.57. The van der Waals surface area contributed by atoms with Crippen LogP contribution in [0.1, 0.15) is 17.2 Å². The molecule has 3 heteroatoms. The van der Waals surface area contributed by atoms with E-state index in [1.807, 2.05) is 54.6 Å². The van der Waals surface area contributed by atoms with Crippen molar-refractivity contribution in [1.82, 2.24) is 5.32 Å². The number of nitrogens with one attached hydrogen (secondary N) is 1. The van der Waals surface area contributed by atoms with E-state index in [9.17, 15) is 5.11 Å². The highest BCUT2D eigenvalue weighted by Crippen LogP contribution is 2.25. The number of hydrogen-bond donors (Lipinski definition) is 2. The number of benzene rings is 2. The SMILES string of the molecule is OC(CNCC1=Cc2ccccc2OC1)c1ccccc1. The van der Waals surface area contributed by atoms with E-state index in [0.29, 0.717) is 13.2 Å². The Morgan fingerprint density at radius 2 is 1.81 bits per heavy atom. The average Bonchev–Trinajstić information content (AvgIpc) is 2.55. The lowest BCUT2D eigenvalue weighted by Crippen LogP contribution is -2.26. The molecular formula is C18H19NO2. The molecule has 1 atom stereocenters. The molecule has 0 bridgehead atoms. The van der Waals surface area contributed by atoms with E-state index in [0.717, 1.165) is 23.4 Å². The van der Waals surface area contributed by atoms with Gasteiger partial charge in [-0.3, -0.25) is 0 Å². The van der Waals surface area contributed by atoms with Crippen LogP contribution in [0.5, 0.6) is 5.75 Å². The molecule has 0 amide bonds. The summed E-state index contributed by atoms with van der Waals surface area (Å²) in [6, 6.07) is 17.7. The van der Waals surface area contributed by atoms with Gasteiger partial charge in [-0.15, -0.1) is 0 Å². The number of aliphatic hydroxyl groups excluding tert-OH is 1. The topological polar surface area (TPSA) is 41.5 Å². The van der Waals surface area contributed by atoms with Gasteiger partial charge in [-0.25, -0.2) is 0 Å². The summed E-state index contributed by atoms with van der Waals surface area (Å²) in [5.41, 5.74) is 3.24. The van der Waals surface area contributed by atoms with E-state index in [4.69, 9.17) is 4.74 Å². The molecule has 0 saturated carbocycles. The van der Waals surface area contributed by atoms with Gasteiger partial charge in [0.05, 0.1) is 6.10 Å². The number of ether oxygens (including phenoxy) is 1. The van der Waals surface area contributed by atoms with Crippen molar-refractivity contribution in [2.75, 3.05) is 19.7 Å². The van der Waals surface area contributed by atoms with Gasteiger partial charge in [0.15, 0.2) is 0 Å². The summed E-state index contributed by atoms with van der Waals surface area (Å²) in [7, 11) is 0. The number of aliphatic hydroxyl groups is 1. The minimum absolute atomic E-state index is 0.483. The van der Waals surface area contributed by atoms with Crippen molar-refractivity contribution < 1.29 is 9.84 Å². The maximum Gasteiger partial charge on any atom is 0.127 e. The third-order valence-corrected chi connectivity index (χ3v) is 3.57. The number of fused-ring (bicyclic) bond motifs is 1. The Morgan fingerprint density at radius 1 is 1.05 bits per heavy atom. The summed E-state index contributed by atoms with van der Waals surface area (Å²) in [5, 5.41) is 13.4. The molecule has 1 heterocycles. The van der Waals surface area contributed by atoms with Crippen molar-refractivity contribution in [1.29, 1.82) is 0 Å². The number of rotatable bonds is 5. The highest BCUT2D eigenvalue weighted by Gasteiger charge is 2.11. The monoisotopic (exact) mass is 281 g/mol. The number of hydrogen-bond acceptors (Lipinski definition) is 3. The van der Waals surface area contributed by atoms with Gasteiger partial charge >= 0.3 is 0 Å². The first-order valence-electron chi connectivity index (χ1n) is 7.18. The van der Waals surface area contributed by atoms with Crippen LogP contribution in [0.25, 0.3) is 6.08 Å². The minimum Gasteiger partial charge on any atom is -0.489 e. The Bertz CT molecular complexity index is 622. The van der Waals surface area contributed by atoms with E-state index in [-0.39, 0.29) is 0 Å². The van der Waals surface area contributed by atoms with E-state index in [1.54, 1.807) is 0 Å². The van der Waals surface area contributed by atoms with E-state index < -0.39 is 6.10 Å². The van der Waals surface area contributed by atoms with Crippen molar-refractivity contribution in [3.63, 3.8) is 0 Å². The molecule has 2 N–H and O–H groups in total. The molecule has 0 fully saturated rings. The Hall–Kier alpha value is -2.10. The van der Waals surface area contributed by atoms with Crippen LogP contribution in [0.3, 0.4) is 0 Å². The quantitative estimate of drug-likeness (QED) is 0.885. The molecule has 0 spiro atoms. The lowest BCUT2D eigenvalue weighted by molar-refractivity contribution is 0.175. The fourth-order valence-electron chi connectivity index (χ4n) is 2.43. The maximum atomic E-state index is 10.1. The van der Waals surface area contributed by atoms with E-state index in [1.165, 1.54) is 5.57 Å². The molecule has 2 aromatic rings. The fourth-order valence-corrected chi connectivity index (χ4v) is 2.43. The zero-order valence-electron chi connectivity index (χ0n) is 11.8. The Balaban J connectivity index is 1.54. The van der Waals surface area contributed by atoms with Crippen LogP contribution < -0.4 is 10.1 Å². The summed E-state index contributed by atoms with van der Waals surface area (Å²) >= 11 is 0. The predicted octanol–water partition coefficient (Wildman–Crippen LogP) is 2.79. The highest BCUT2D eigenvalue weighted by atomic mass is 16.5. The largest absolute Gasteiger partial charge is 0.489 e. The van der Waals surface area contributed by atoms with Crippen LogP contribution in [0.4, 0.5) is 0 Å². The van der Waals surface area contributed by atoms with Crippen LogP contribution in [0, 0.1) is 0 Å². The Morgan fingerprint density at radius 3 is 2.67 bits per heavy atom. The average molecular weight is 281 g/mol.